The van der Waals surface area contributed by atoms with Gasteiger partial charge < -0.3 is 20.7 Å². The average Bonchev–Trinajstić information content (AvgIpc) is 2.61. The van der Waals surface area contributed by atoms with Crippen LogP contribution in [0.4, 0.5) is 5.69 Å². The highest BCUT2D eigenvalue weighted by Crippen LogP contribution is 2.15. The Morgan fingerprint density at radius 1 is 1.08 bits per heavy atom. The number of anilines is 1. The van der Waals surface area contributed by atoms with E-state index in [4.69, 9.17) is 22.1 Å². The van der Waals surface area contributed by atoms with Crippen molar-refractivity contribution in [2.24, 2.45) is 5.73 Å². The molecule has 136 valence electrons. The summed E-state index contributed by atoms with van der Waals surface area (Å²) in [5, 5.41) is 3.26. The van der Waals surface area contributed by atoms with E-state index in [0.717, 1.165) is 0 Å². The zero-order valence-corrected chi connectivity index (χ0v) is 14.8. The molecule has 3 amide bonds. The molecule has 2 aromatic rings. The van der Waals surface area contributed by atoms with Gasteiger partial charge in [-0.3, -0.25) is 14.4 Å². The molecular weight excluding hydrogens is 358 g/mol. The molecule has 0 aliphatic rings. The molecule has 0 radical (unpaired) electrons. The zero-order valence-electron chi connectivity index (χ0n) is 14.1. The Morgan fingerprint density at radius 3 is 2.27 bits per heavy atom. The lowest BCUT2D eigenvalue weighted by Gasteiger charge is -2.17. The highest BCUT2D eigenvalue weighted by molar-refractivity contribution is 6.30. The van der Waals surface area contributed by atoms with E-state index in [9.17, 15) is 14.4 Å². The van der Waals surface area contributed by atoms with Crippen LogP contribution in [0.5, 0.6) is 5.75 Å². The van der Waals surface area contributed by atoms with E-state index >= 15 is 0 Å². The van der Waals surface area contributed by atoms with Crippen molar-refractivity contribution in [1.82, 2.24) is 4.90 Å². The summed E-state index contributed by atoms with van der Waals surface area (Å²) in [5.74, 6) is -0.817. The van der Waals surface area contributed by atoms with Crippen molar-refractivity contribution in [3.8, 4) is 5.75 Å². The van der Waals surface area contributed by atoms with Crippen LogP contribution in [0.25, 0.3) is 0 Å². The van der Waals surface area contributed by atoms with Gasteiger partial charge in [-0.25, -0.2) is 0 Å². The molecule has 7 nitrogen and oxygen atoms in total. The first-order valence-corrected chi connectivity index (χ1v) is 8.05. The number of nitrogens with one attached hydrogen (secondary N) is 1. The molecule has 8 heteroatoms. The third kappa shape index (κ3) is 5.78. The third-order valence-corrected chi connectivity index (χ3v) is 3.59. The first kappa shape index (κ1) is 19.3. The first-order chi connectivity index (χ1) is 12.3. The number of rotatable bonds is 7. The second-order valence-electron chi connectivity index (χ2n) is 5.50. The van der Waals surface area contributed by atoms with Crippen molar-refractivity contribution in [2.75, 3.05) is 25.5 Å². The largest absolute Gasteiger partial charge is 0.484 e. The minimum Gasteiger partial charge on any atom is -0.484 e. The van der Waals surface area contributed by atoms with E-state index in [1.165, 1.54) is 11.9 Å². The lowest BCUT2D eigenvalue weighted by molar-refractivity contribution is -0.120. The molecule has 0 atom stereocenters. The fourth-order valence-electron chi connectivity index (χ4n) is 2.09. The summed E-state index contributed by atoms with van der Waals surface area (Å²) in [5.41, 5.74) is 5.98. The van der Waals surface area contributed by atoms with E-state index < -0.39 is 5.91 Å². The second-order valence-corrected chi connectivity index (χ2v) is 5.93. The Bertz CT molecular complexity index is 791. The SMILES string of the molecule is CN(CC(=O)Nc1ccc(Cl)cc1)C(=O)c1ccc(OCC(N)=O)cc1. The Labute approximate surface area is 155 Å². The maximum atomic E-state index is 12.4. The van der Waals surface area contributed by atoms with Crippen LogP contribution in [0.3, 0.4) is 0 Å². The van der Waals surface area contributed by atoms with Gasteiger partial charge in [0.05, 0.1) is 6.54 Å². The lowest BCUT2D eigenvalue weighted by Crippen LogP contribution is -2.34. The summed E-state index contributed by atoms with van der Waals surface area (Å²) >= 11 is 5.79. The second kappa shape index (κ2) is 8.87. The number of likely N-dealkylation sites (N-methyl/N-ethyl adjacent to an activating group) is 1. The lowest BCUT2D eigenvalue weighted by atomic mass is 10.2. The normalized spacial score (nSPS) is 10.1. The number of amides is 3. The molecular formula is C18H18ClN3O4. The average molecular weight is 376 g/mol. The molecule has 0 heterocycles. The number of carbonyl (C=O) groups is 3. The summed E-state index contributed by atoms with van der Waals surface area (Å²) in [6.45, 7) is -0.348. The Balaban J connectivity index is 1.90. The fourth-order valence-corrected chi connectivity index (χ4v) is 2.22. The maximum Gasteiger partial charge on any atom is 0.255 e. The van der Waals surface area contributed by atoms with Gasteiger partial charge in [-0.2, -0.15) is 0 Å². The highest BCUT2D eigenvalue weighted by Gasteiger charge is 2.15. The first-order valence-electron chi connectivity index (χ1n) is 7.67. The smallest absolute Gasteiger partial charge is 0.255 e. The summed E-state index contributed by atoms with van der Waals surface area (Å²) < 4.78 is 5.13. The van der Waals surface area contributed by atoms with Crippen LogP contribution in [0.2, 0.25) is 5.02 Å². The molecule has 0 aromatic heterocycles. The molecule has 0 unspecified atom stereocenters. The van der Waals surface area contributed by atoms with Crippen LogP contribution in [0, 0.1) is 0 Å². The van der Waals surface area contributed by atoms with Crippen molar-refractivity contribution in [2.45, 2.75) is 0 Å². The fraction of sp³-hybridized carbons (Fsp3) is 0.167. The number of benzene rings is 2. The standard InChI is InChI=1S/C18H18ClN3O4/c1-22(10-17(24)21-14-6-4-13(19)5-7-14)18(25)12-2-8-15(9-3-12)26-11-16(20)23/h2-9H,10-11H2,1H3,(H2,20,23)(H,21,24). The molecule has 0 aliphatic carbocycles. The monoisotopic (exact) mass is 375 g/mol. The topological polar surface area (TPSA) is 102 Å². The van der Waals surface area contributed by atoms with Gasteiger partial charge in [0.2, 0.25) is 5.91 Å². The van der Waals surface area contributed by atoms with Crippen molar-refractivity contribution < 1.29 is 19.1 Å². The van der Waals surface area contributed by atoms with Crippen molar-refractivity contribution >= 4 is 35.0 Å². The molecule has 3 N–H and O–H groups in total. The van der Waals surface area contributed by atoms with Crippen LogP contribution in [0.1, 0.15) is 10.4 Å². The number of primary amides is 1. The number of ether oxygens (including phenoxy) is 1. The minimum atomic E-state index is -0.586. The molecule has 0 bridgehead atoms. The Kier molecular flexibility index (Phi) is 6.57. The van der Waals surface area contributed by atoms with Gasteiger partial charge in [0.25, 0.3) is 11.8 Å². The predicted octanol–water partition coefficient (Wildman–Crippen LogP) is 1.91. The number of hydrogen-bond donors (Lipinski definition) is 2. The van der Waals surface area contributed by atoms with Crippen LogP contribution >= 0.6 is 11.6 Å². The Hall–Kier alpha value is -3.06. The van der Waals surface area contributed by atoms with Gasteiger partial charge >= 0.3 is 0 Å². The summed E-state index contributed by atoms with van der Waals surface area (Å²) in [6, 6.07) is 12.9. The van der Waals surface area contributed by atoms with Gasteiger partial charge in [0.15, 0.2) is 6.61 Å². The van der Waals surface area contributed by atoms with Crippen molar-refractivity contribution in [3.05, 3.63) is 59.1 Å². The van der Waals surface area contributed by atoms with E-state index in [0.29, 0.717) is 22.0 Å². The predicted molar refractivity (Wildman–Crippen MR) is 98.2 cm³/mol. The van der Waals surface area contributed by atoms with Gasteiger partial charge in [0, 0.05) is 23.3 Å². The van der Waals surface area contributed by atoms with E-state index in [1.54, 1.807) is 48.5 Å². The molecule has 0 spiro atoms. The molecule has 0 fully saturated rings. The third-order valence-electron chi connectivity index (χ3n) is 3.34. The summed E-state index contributed by atoms with van der Waals surface area (Å²) in [4.78, 5) is 36.4. The van der Waals surface area contributed by atoms with Crippen LogP contribution in [-0.4, -0.2) is 42.8 Å². The van der Waals surface area contributed by atoms with Crippen molar-refractivity contribution in [1.29, 1.82) is 0 Å². The van der Waals surface area contributed by atoms with Gasteiger partial charge in [-0.05, 0) is 48.5 Å². The van der Waals surface area contributed by atoms with Gasteiger partial charge in [-0.15, -0.1) is 0 Å². The van der Waals surface area contributed by atoms with E-state index in [2.05, 4.69) is 5.32 Å². The van der Waals surface area contributed by atoms with Gasteiger partial charge in [-0.1, -0.05) is 11.6 Å². The molecule has 2 aromatic carbocycles. The summed E-state index contributed by atoms with van der Waals surface area (Å²) in [6.07, 6.45) is 0. The molecule has 2 rings (SSSR count). The quantitative estimate of drug-likeness (QED) is 0.771. The number of hydrogen-bond acceptors (Lipinski definition) is 4. The molecule has 0 saturated heterocycles. The van der Waals surface area contributed by atoms with Crippen LogP contribution in [-0.2, 0) is 9.59 Å². The highest BCUT2D eigenvalue weighted by atomic mass is 35.5. The van der Waals surface area contributed by atoms with Gasteiger partial charge in [0.1, 0.15) is 5.75 Å². The van der Waals surface area contributed by atoms with Crippen molar-refractivity contribution in [3.63, 3.8) is 0 Å². The number of halogens is 1. The minimum absolute atomic E-state index is 0.110. The molecule has 0 saturated carbocycles. The maximum absolute atomic E-state index is 12.4. The molecule has 0 aliphatic heterocycles. The zero-order chi connectivity index (χ0) is 19.1. The van der Waals surface area contributed by atoms with Crippen LogP contribution in [0.15, 0.2) is 48.5 Å². The van der Waals surface area contributed by atoms with Crippen LogP contribution < -0.4 is 15.8 Å². The number of nitrogens with zero attached hydrogens (tertiary/aromatic N) is 1. The van der Waals surface area contributed by atoms with E-state index in [1.807, 2.05) is 0 Å². The summed E-state index contributed by atoms with van der Waals surface area (Å²) in [7, 11) is 1.53. The number of carbonyl (C=O) groups excluding carboxylic acids is 3. The van der Waals surface area contributed by atoms with E-state index in [-0.39, 0.29) is 25.0 Å². The molecule has 26 heavy (non-hydrogen) atoms. The Morgan fingerprint density at radius 2 is 1.69 bits per heavy atom. The number of nitrogens with two attached hydrogens (primary N) is 1.